The fourth-order valence-electron chi connectivity index (χ4n) is 3.86. The number of piperidine rings is 2. The Morgan fingerprint density at radius 3 is 2.90 bits per heavy atom. The minimum atomic E-state index is -1.19. The van der Waals surface area contributed by atoms with Gasteiger partial charge < -0.3 is 14.9 Å². The number of rotatable bonds is 2. The van der Waals surface area contributed by atoms with Crippen LogP contribution < -0.4 is 4.90 Å². The zero-order valence-electron chi connectivity index (χ0n) is 12.3. The van der Waals surface area contributed by atoms with Crippen LogP contribution in [0.2, 0.25) is 0 Å². The van der Waals surface area contributed by atoms with E-state index in [1.807, 2.05) is 4.90 Å². The third kappa shape index (κ3) is 2.62. The van der Waals surface area contributed by atoms with E-state index < -0.39 is 11.8 Å². The summed E-state index contributed by atoms with van der Waals surface area (Å²) < 4.78 is 13.8. The van der Waals surface area contributed by atoms with Crippen molar-refractivity contribution in [3.8, 4) is 0 Å². The Morgan fingerprint density at radius 1 is 1.33 bits per heavy atom. The maximum Gasteiger partial charge on any atom is 0.340 e. The van der Waals surface area contributed by atoms with Crippen LogP contribution in [0.4, 0.5) is 10.1 Å². The maximum atomic E-state index is 13.8. The van der Waals surface area contributed by atoms with Crippen molar-refractivity contribution in [2.75, 3.05) is 31.6 Å². The second-order valence-corrected chi connectivity index (χ2v) is 6.12. The van der Waals surface area contributed by atoms with Gasteiger partial charge in [-0.3, -0.25) is 0 Å². The van der Waals surface area contributed by atoms with E-state index >= 15 is 0 Å². The molecular formula is C16H21FN2O2. The zero-order valence-corrected chi connectivity index (χ0v) is 12.3. The fourth-order valence-corrected chi connectivity index (χ4v) is 3.86. The second kappa shape index (κ2) is 5.64. The Kier molecular flexibility index (Phi) is 3.85. The molecule has 2 aliphatic heterocycles. The van der Waals surface area contributed by atoms with Crippen LogP contribution in [-0.2, 0) is 0 Å². The van der Waals surface area contributed by atoms with E-state index in [1.165, 1.54) is 18.9 Å². The maximum absolute atomic E-state index is 13.8. The first-order valence-corrected chi connectivity index (χ1v) is 7.55. The predicted molar refractivity (Wildman–Crippen MR) is 79.3 cm³/mol. The first kappa shape index (κ1) is 14.3. The predicted octanol–water partition coefficient (Wildman–Crippen LogP) is 2.44. The van der Waals surface area contributed by atoms with Crippen LogP contribution in [0.5, 0.6) is 0 Å². The largest absolute Gasteiger partial charge is 0.478 e. The molecular weight excluding hydrogens is 271 g/mol. The smallest absolute Gasteiger partial charge is 0.340 e. The SMILES string of the molecule is CN1CCCC2CN(c3cccc(F)c3C(=O)O)CCC21. The minimum Gasteiger partial charge on any atom is -0.478 e. The molecule has 5 heteroatoms. The third-order valence-corrected chi connectivity index (χ3v) is 4.89. The van der Waals surface area contributed by atoms with Crippen molar-refractivity contribution in [3.63, 3.8) is 0 Å². The number of aromatic carboxylic acids is 1. The molecule has 0 aromatic heterocycles. The second-order valence-electron chi connectivity index (χ2n) is 6.12. The molecule has 3 rings (SSSR count). The van der Waals surface area contributed by atoms with Crippen LogP contribution >= 0.6 is 0 Å². The van der Waals surface area contributed by atoms with Crippen LogP contribution in [0.1, 0.15) is 29.6 Å². The topological polar surface area (TPSA) is 43.8 Å². The zero-order chi connectivity index (χ0) is 15.0. The summed E-state index contributed by atoms with van der Waals surface area (Å²) in [6, 6.07) is 5.11. The van der Waals surface area contributed by atoms with E-state index in [0.29, 0.717) is 17.6 Å². The van der Waals surface area contributed by atoms with Gasteiger partial charge in [0, 0.05) is 19.1 Å². The van der Waals surface area contributed by atoms with Crippen LogP contribution in [0.15, 0.2) is 18.2 Å². The average Bonchev–Trinajstić information content (AvgIpc) is 2.46. The first-order chi connectivity index (χ1) is 10.1. The van der Waals surface area contributed by atoms with Gasteiger partial charge in [0.1, 0.15) is 11.4 Å². The van der Waals surface area contributed by atoms with Crippen molar-refractivity contribution >= 4 is 11.7 Å². The molecule has 1 aromatic carbocycles. The number of halogens is 1. The molecule has 2 aliphatic rings. The van der Waals surface area contributed by atoms with Gasteiger partial charge in [-0.2, -0.15) is 0 Å². The highest BCUT2D eigenvalue weighted by Gasteiger charge is 2.35. The van der Waals surface area contributed by atoms with Crippen LogP contribution in [0.25, 0.3) is 0 Å². The molecule has 0 amide bonds. The van der Waals surface area contributed by atoms with E-state index in [2.05, 4.69) is 11.9 Å². The van der Waals surface area contributed by atoms with E-state index in [-0.39, 0.29) is 5.56 Å². The first-order valence-electron chi connectivity index (χ1n) is 7.55. The lowest BCUT2D eigenvalue weighted by atomic mass is 9.84. The van der Waals surface area contributed by atoms with Gasteiger partial charge in [-0.15, -0.1) is 0 Å². The molecule has 0 spiro atoms. The summed E-state index contributed by atoms with van der Waals surface area (Å²) in [6.07, 6.45) is 3.36. The van der Waals surface area contributed by atoms with Gasteiger partial charge in [0.05, 0.1) is 5.69 Å². The number of anilines is 1. The molecule has 114 valence electrons. The lowest BCUT2D eigenvalue weighted by molar-refractivity contribution is 0.0691. The summed E-state index contributed by atoms with van der Waals surface area (Å²) in [5, 5.41) is 9.28. The van der Waals surface area contributed by atoms with E-state index in [4.69, 9.17) is 0 Å². The minimum absolute atomic E-state index is 0.194. The summed E-state index contributed by atoms with van der Waals surface area (Å²) in [5.74, 6) is -1.30. The molecule has 2 saturated heterocycles. The van der Waals surface area contributed by atoms with Crippen LogP contribution in [-0.4, -0.2) is 48.7 Å². The Hall–Kier alpha value is -1.62. The lowest BCUT2D eigenvalue weighted by Gasteiger charge is -2.46. The summed E-state index contributed by atoms with van der Waals surface area (Å²) in [4.78, 5) is 15.8. The molecule has 1 aromatic rings. The molecule has 0 bridgehead atoms. The Morgan fingerprint density at radius 2 is 2.14 bits per heavy atom. The van der Waals surface area contributed by atoms with Gasteiger partial charge in [-0.05, 0) is 50.9 Å². The Bertz CT molecular complexity index is 549. The normalized spacial score (nSPS) is 26.5. The summed E-state index contributed by atoms with van der Waals surface area (Å²) in [7, 11) is 2.16. The number of nitrogens with zero attached hydrogens (tertiary/aromatic N) is 2. The third-order valence-electron chi connectivity index (χ3n) is 4.89. The molecule has 2 heterocycles. The van der Waals surface area contributed by atoms with Gasteiger partial charge in [-0.1, -0.05) is 6.07 Å². The quantitative estimate of drug-likeness (QED) is 0.909. The monoisotopic (exact) mass is 292 g/mol. The molecule has 2 unspecified atom stereocenters. The van der Waals surface area contributed by atoms with Gasteiger partial charge >= 0.3 is 5.97 Å². The van der Waals surface area contributed by atoms with E-state index in [9.17, 15) is 14.3 Å². The molecule has 0 radical (unpaired) electrons. The van der Waals surface area contributed by atoms with Crippen molar-refractivity contribution in [2.24, 2.45) is 5.92 Å². The number of carboxylic acids is 1. The average molecular weight is 292 g/mol. The highest BCUT2D eigenvalue weighted by molar-refractivity contribution is 5.94. The molecule has 21 heavy (non-hydrogen) atoms. The highest BCUT2D eigenvalue weighted by atomic mass is 19.1. The summed E-state index contributed by atoms with van der Waals surface area (Å²) >= 11 is 0. The van der Waals surface area contributed by atoms with Gasteiger partial charge in [0.2, 0.25) is 0 Å². The van der Waals surface area contributed by atoms with Crippen LogP contribution in [0.3, 0.4) is 0 Å². The molecule has 4 nitrogen and oxygen atoms in total. The summed E-state index contributed by atoms with van der Waals surface area (Å²) in [6.45, 7) is 2.75. The molecule has 1 N–H and O–H groups in total. The van der Waals surface area contributed by atoms with E-state index in [1.54, 1.807) is 12.1 Å². The number of hydrogen-bond donors (Lipinski definition) is 1. The molecule has 2 fully saturated rings. The van der Waals surface area contributed by atoms with Gasteiger partial charge in [-0.25, -0.2) is 9.18 Å². The van der Waals surface area contributed by atoms with Crippen LogP contribution in [0, 0.1) is 11.7 Å². The molecule has 0 saturated carbocycles. The van der Waals surface area contributed by atoms with E-state index in [0.717, 1.165) is 26.1 Å². The summed E-state index contributed by atoms with van der Waals surface area (Å²) in [5.41, 5.74) is 0.328. The number of benzene rings is 1. The van der Waals surface area contributed by atoms with Crippen molar-refractivity contribution in [1.82, 2.24) is 4.90 Å². The standard InChI is InChI=1S/C16H21FN2O2/c1-18-8-3-4-11-10-19(9-7-13(11)18)14-6-2-5-12(17)15(14)16(20)21/h2,5-6,11,13H,3-4,7-10H2,1H3,(H,20,21). The van der Waals surface area contributed by atoms with Crippen molar-refractivity contribution in [1.29, 1.82) is 0 Å². The van der Waals surface area contributed by atoms with Crippen molar-refractivity contribution < 1.29 is 14.3 Å². The van der Waals surface area contributed by atoms with Gasteiger partial charge in [0.15, 0.2) is 0 Å². The number of fused-ring (bicyclic) bond motifs is 1. The number of likely N-dealkylation sites (tertiary alicyclic amines) is 1. The van der Waals surface area contributed by atoms with Gasteiger partial charge in [0.25, 0.3) is 0 Å². The Labute approximate surface area is 124 Å². The van der Waals surface area contributed by atoms with Crippen molar-refractivity contribution in [2.45, 2.75) is 25.3 Å². The highest BCUT2D eigenvalue weighted by Crippen LogP contribution is 2.33. The fraction of sp³-hybridized carbons (Fsp3) is 0.562. The lowest BCUT2D eigenvalue weighted by Crippen LogP contribution is -2.53. The number of hydrogen-bond acceptors (Lipinski definition) is 3. The number of carbonyl (C=O) groups is 1. The number of carboxylic acid groups (broad SMARTS) is 1. The molecule has 2 atom stereocenters. The molecule has 0 aliphatic carbocycles. The van der Waals surface area contributed by atoms with Crippen molar-refractivity contribution in [3.05, 3.63) is 29.6 Å². The Balaban J connectivity index is 1.86.